The van der Waals surface area contributed by atoms with Crippen LogP contribution in [-0.4, -0.2) is 47.4 Å². The molecule has 1 heterocycles. The number of carboxylic acids is 1. The fourth-order valence-electron chi connectivity index (χ4n) is 2.67. The summed E-state index contributed by atoms with van der Waals surface area (Å²) in [5.41, 5.74) is 0.309. The normalized spacial score (nSPS) is 20.6. The second kappa shape index (κ2) is 7.20. The molecule has 0 aromatic heterocycles. The number of carboxylic acid groups (broad SMARTS) is 1. The molecule has 2 amide bonds. The molecule has 6 nitrogen and oxygen atoms in total. The van der Waals surface area contributed by atoms with Crippen molar-refractivity contribution in [2.45, 2.75) is 26.1 Å². The van der Waals surface area contributed by atoms with Gasteiger partial charge in [0.05, 0.1) is 23.6 Å². The Morgan fingerprint density at radius 2 is 1.92 bits per heavy atom. The number of likely N-dealkylation sites (tertiary alicyclic amines) is 1. The number of para-hydroxylation sites is 2. The SMILES string of the molecule is CC(C)Oc1ccccc1NC(=O)N1C[C@@H](C(F)(F)F)[C@H](C(=O)O)C1. The molecule has 1 aliphatic rings. The van der Waals surface area contributed by atoms with Crippen molar-refractivity contribution >= 4 is 17.7 Å². The van der Waals surface area contributed by atoms with E-state index in [4.69, 9.17) is 9.84 Å². The first kappa shape index (κ1) is 18.9. The molecule has 1 aliphatic heterocycles. The molecule has 2 atom stereocenters. The van der Waals surface area contributed by atoms with Crippen LogP contribution in [0.5, 0.6) is 5.75 Å². The van der Waals surface area contributed by atoms with Crippen molar-refractivity contribution in [2.24, 2.45) is 11.8 Å². The number of amides is 2. The zero-order valence-electron chi connectivity index (χ0n) is 13.7. The molecule has 0 spiro atoms. The highest BCUT2D eigenvalue weighted by Gasteiger charge is 2.53. The van der Waals surface area contributed by atoms with Crippen molar-refractivity contribution in [3.05, 3.63) is 24.3 Å². The summed E-state index contributed by atoms with van der Waals surface area (Å²) in [7, 11) is 0. The van der Waals surface area contributed by atoms with Crippen LogP contribution in [0.15, 0.2) is 24.3 Å². The lowest BCUT2D eigenvalue weighted by molar-refractivity contribution is -0.187. The minimum Gasteiger partial charge on any atom is -0.489 e. The first-order valence-electron chi connectivity index (χ1n) is 7.70. The minimum absolute atomic E-state index is 0.157. The average molecular weight is 360 g/mol. The van der Waals surface area contributed by atoms with Crippen LogP contribution in [0, 0.1) is 11.8 Å². The van der Waals surface area contributed by atoms with Gasteiger partial charge < -0.3 is 20.1 Å². The van der Waals surface area contributed by atoms with Gasteiger partial charge in [-0.05, 0) is 26.0 Å². The molecule has 138 valence electrons. The maximum absolute atomic E-state index is 13.0. The number of ether oxygens (including phenoxy) is 1. The molecule has 0 radical (unpaired) electrons. The number of nitrogens with one attached hydrogen (secondary N) is 1. The predicted octanol–water partition coefficient (Wildman–Crippen LogP) is 3.20. The summed E-state index contributed by atoms with van der Waals surface area (Å²) in [5.74, 6) is -4.95. The Hall–Kier alpha value is -2.45. The molecular weight excluding hydrogens is 341 g/mol. The van der Waals surface area contributed by atoms with Gasteiger partial charge in [0.25, 0.3) is 0 Å². The second-order valence-electron chi connectivity index (χ2n) is 6.09. The average Bonchev–Trinajstić information content (AvgIpc) is 2.94. The summed E-state index contributed by atoms with van der Waals surface area (Å²) in [6, 6.07) is 5.73. The van der Waals surface area contributed by atoms with Gasteiger partial charge in [-0.2, -0.15) is 13.2 Å². The van der Waals surface area contributed by atoms with E-state index in [-0.39, 0.29) is 6.10 Å². The zero-order chi connectivity index (χ0) is 18.8. The summed E-state index contributed by atoms with van der Waals surface area (Å²) < 4.78 is 44.5. The van der Waals surface area contributed by atoms with Crippen LogP contribution in [0.3, 0.4) is 0 Å². The summed E-state index contributed by atoms with van der Waals surface area (Å²) in [6.45, 7) is 2.40. The van der Waals surface area contributed by atoms with Gasteiger partial charge in [-0.1, -0.05) is 12.1 Å². The molecule has 0 bridgehead atoms. The second-order valence-corrected chi connectivity index (χ2v) is 6.09. The highest BCUT2D eigenvalue weighted by Crippen LogP contribution is 2.38. The minimum atomic E-state index is -4.68. The van der Waals surface area contributed by atoms with Crippen molar-refractivity contribution in [2.75, 3.05) is 18.4 Å². The van der Waals surface area contributed by atoms with Gasteiger partial charge in [0, 0.05) is 13.1 Å². The number of benzene rings is 1. The van der Waals surface area contributed by atoms with Gasteiger partial charge in [-0.15, -0.1) is 0 Å². The van der Waals surface area contributed by atoms with E-state index < -0.39 is 43.1 Å². The number of urea groups is 1. The van der Waals surface area contributed by atoms with Crippen molar-refractivity contribution in [1.82, 2.24) is 4.90 Å². The topological polar surface area (TPSA) is 78.9 Å². The third-order valence-corrected chi connectivity index (χ3v) is 3.84. The first-order chi connectivity index (χ1) is 11.6. The van der Waals surface area contributed by atoms with Gasteiger partial charge in [-0.3, -0.25) is 4.79 Å². The van der Waals surface area contributed by atoms with Gasteiger partial charge in [-0.25, -0.2) is 4.79 Å². The highest BCUT2D eigenvalue weighted by molar-refractivity contribution is 5.91. The monoisotopic (exact) mass is 360 g/mol. The molecule has 1 saturated heterocycles. The van der Waals surface area contributed by atoms with Gasteiger partial charge >= 0.3 is 18.2 Å². The fourth-order valence-corrected chi connectivity index (χ4v) is 2.67. The number of rotatable bonds is 4. The molecule has 25 heavy (non-hydrogen) atoms. The van der Waals surface area contributed by atoms with Crippen molar-refractivity contribution in [1.29, 1.82) is 0 Å². The largest absolute Gasteiger partial charge is 0.489 e. The standard InChI is InChI=1S/C16H19F3N2O4/c1-9(2)25-13-6-4-3-5-12(13)20-15(24)21-7-10(14(22)23)11(8-21)16(17,18)19/h3-6,9-11H,7-8H2,1-2H3,(H,20,24)(H,22,23)/t10-,11-/m1/s1. The van der Waals surface area contributed by atoms with E-state index in [1.807, 2.05) is 0 Å². The number of hydrogen-bond donors (Lipinski definition) is 2. The summed E-state index contributed by atoms with van der Waals surface area (Å²) in [4.78, 5) is 24.2. The van der Waals surface area contributed by atoms with E-state index in [1.54, 1.807) is 38.1 Å². The van der Waals surface area contributed by atoms with Crippen LogP contribution >= 0.6 is 0 Å². The Morgan fingerprint density at radius 3 is 2.44 bits per heavy atom. The number of alkyl halides is 3. The number of carbonyl (C=O) groups is 2. The lowest BCUT2D eigenvalue weighted by atomic mass is 9.96. The Balaban J connectivity index is 2.13. The number of anilines is 1. The van der Waals surface area contributed by atoms with Crippen LogP contribution in [0.25, 0.3) is 0 Å². The van der Waals surface area contributed by atoms with Gasteiger partial charge in [0.2, 0.25) is 0 Å². The van der Waals surface area contributed by atoms with E-state index in [0.29, 0.717) is 11.4 Å². The Labute approximate surface area is 142 Å². The molecule has 0 unspecified atom stereocenters. The fraction of sp³-hybridized carbons (Fsp3) is 0.500. The van der Waals surface area contributed by atoms with Crippen molar-refractivity contribution in [3.63, 3.8) is 0 Å². The van der Waals surface area contributed by atoms with Gasteiger partial charge in [0.1, 0.15) is 5.75 Å². The Morgan fingerprint density at radius 1 is 1.28 bits per heavy atom. The first-order valence-corrected chi connectivity index (χ1v) is 7.70. The summed E-state index contributed by atoms with van der Waals surface area (Å²) in [5, 5.41) is 11.5. The summed E-state index contributed by atoms with van der Waals surface area (Å²) >= 11 is 0. The highest BCUT2D eigenvalue weighted by atomic mass is 19.4. The number of hydrogen-bond acceptors (Lipinski definition) is 3. The molecule has 1 aromatic rings. The molecule has 9 heteroatoms. The molecule has 0 saturated carbocycles. The van der Waals surface area contributed by atoms with E-state index >= 15 is 0 Å². The maximum Gasteiger partial charge on any atom is 0.394 e. The molecule has 2 N–H and O–H groups in total. The number of halogens is 3. The third-order valence-electron chi connectivity index (χ3n) is 3.84. The molecule has 0 aliphatic carbocycles. The quantitative estimate of drug-likeness (QED) is 0.864. The van der Waals surface area contributed by atoms with Crippen molar-refractivity contribution < 1.29 is 32.6 Å². The number of carbonyl (C=O) groups excluding carboxylic acids is 1. The molecular formula is C16H19F3N2O4. The van der Waals surface area contributed by atoms with E-state index in [2.05, 4.69) is 5.32 Å². The van der Waals surface area contributed by atoms with Crippen LogP contribution in [0.4, 0.5) is 23.7 Å². The Bertz CT molecular complexity index is 649. The van der Waals surface area contributed by atoms with Crippen LogP contribution in [0.2, 0.25) is 0 Å². The smallest absolute Gasteiger partial charge is 0.394 e. The van der Waals surface area contributed by atoms with Crippen LogP contribution in [-0.2, 0) is 4.79 Å². The van der Waals surface area contributed by atoms with E-state index in [1.165, 1.54) is 0 Å². The zero-order valence-corrected chi connectivity index (χ0v) is 13.7. The Kier molecular flexibility index (Phi) is 5.44. The molecule has 2 rings (SSSR count). The lowest BCUT2D eigenvalue weighted by Crippen LogP contribution is -2.35. The van der Waals surface area contributed by atoms with E-state index in [0.717, 1.165) is 4.90 Å². The van der Waals surface area contributed by atoms with Gasteiger partial charge in [0.15, 0.2) is 0 Å². The lowest BCUT2D eigenvalue weighted by Gasteiger charge is -2.20. The summed E-state index contributed by atoms with van der Waals surface area (Å²) in [6.07, 6.45) is -4.84. The predicted molar refractivity (Wildman–Crippen MR) is 83.5 cm³/mol. The van der Waals surface area contributed by atoms with E-state index in [9.17, 15) is 22.8 Å². The van der Waals surface area contributed by atoms with Crippen LogP contribution < -0.4 is 10.1 Å². The number of nitrogens with zero attached hydrogens (tertiary/aromatic N) is 1. The third kappa shape index (κ3) is 4.55. The maximum atomic E-state index is 13.0. The van der Waals surface area contributed by atoms with Crippen molar-refractivity contribution in [3.8, 4) is 5.75 Å². The molecule has 1 fully saturated rings. The van der Waals surface area contributed by atoms with Crippen LogP contribution in [0.1, 0.15) is 13.8 Å². The number of aliphatic carboxylic acids is 1. The molecule has 1 aromatic carbocycles.